The van der Waals surface area contributed by atoms with Gasteiger partial charge in [0.1, 0.15) is 5.82 Å². The van der Waals surface area contributed by atoms with Crippen LogP contribution in [0.2, 0.25) is 0 Å². The minimum atomic E-state index is -4.89. The molecule has 5 nitrogen and oxygen atoms in total. The molecule has 9 heteroatoms. The van der Waals surface area contributed by atoms with Crippen LogP contribution in [0.5, 0.6) is 0 Å². The van der Waals surface area contributed by atoms with Crippen molar-refractivity contribution in [2.45, 2.75) is 19.2 Å². The molecule has 0 fully saturated rings. The monoisotopic (exact) mass is 308 g/mol. The van der Waals surface area contributed by atoms with Crippen molar-refractivity contribution in [3.8, 4) is 0 Å². The number of amides is 2. The van der Waals surface area contributed by atoms with E-state index >= 15 is 0 Å². The number of rotatable bonds is 3. The molecule has 0 aromatic heterocycles. The van der Waals surface area contributed by atoms with E-state index in [-0.39, 0.29) is 12.6 Å². The van der Waals surface area contributed by atoms with Crippen molar-refractivity contribution in [3.63, 3.8) is 0 Å². The van der Waals surface area contributed by atoms with Crippen molar-refractivity contribution in [2.24, 2.45) is 0 Å². The first-order valence-electron chi connectivity index (χ1n) is 5.75. The Kier molecular flexibility index (Phi) is 5.25. The van der Waals surface area contributed by atoms with Crippen LogP contribution in [0.25, 0.3) is 0 Å². The molecule has 0 aliphatic carbocycles. The second-order valence-corrected chi connectivity index (χ2v) is 4.20. The van der Waals surface area contributed by atoms with Gasteiger partial charge in [0, 0.05) is 6.54 Å². The summed E-state index contributed by atoms with van der Waals surface area (Å²) >= 11 is 0. The average Bonchev–Trinajstić information content (AvgIpc) is 2.36. The summed E-state index contributed by atoms with van der Waals surface area (Å²) in [5.41, 5.74) is -2.14. The van der Waals surface area contributed by atoms with Crippen LogP contribution in [-0.4, -0.2) is 29.6 Å². The van der Waals surface area contributed by atoms with Crippen molar-refractivity contribution in [1.29, 1.82) is 0 Å². The number of hydrogen-bond acceptors (Lipinski definition) is 3. The highest BCUT2D eigenvalue weighted by molar-refractivity contribution is 6.39. The van der Waals surface area contributed by atoms with E-state index in [9.17, 15) is 27.2 Å². The number of carbonyl (C=O) groups is 2. The highest BCUT2D eigenvalue weighted by Gasteiger charge is 2.34. The molecule has 1 aromatic carbocycles. The summed E-state index contributed by atoms with van der Waals surface area (Å²) in [5.74, 6) is -3.69. The van der Waals surface area contributed by atoms with Crippen LogP contribution in [-0.2, 0) is 15.8 Å². The standard InChI is InChI=1S/C12H12F4N2O3/c1-6(19)5-17-10(20)11(21)18-9-3-2-7(13)4-8(9)12(14,15)16/h2-4,6,19H,5H2,1H3,(H,17,20)(H,18,21). The van der Waals surface area contributed by atoms with Crippen LogP contribution >= 0.6 is 0 Å². The maximum absolute atomic E-state index is 12.9. The lowest BCUT2D eigenvalue weighted by molar-refractivity contribution is -0.138. The second kappa shape index (κ2) is 6.53. The quantitative estimate of drug-likeness (QED) is 0.581. The number of hydrogen-bond donors (Lipinski definition) is 3. The van der Waals surface area contributed by atoms with Gasteiger partial charge in [-0.3, -0.25) is 9.59 Å². The zero-order valence-corrected chi connectivity index (χ0v) is 10.8. The van der Waals surface area contributed by atoms with Gasteiger partial charge < -0.3 is 15.7 Å². The molecule has 0 spiro atoms. The largest absolute Gasteiger partial charge is 0.418 e. The third-order valence-electron chi connectivity index (χ3n) is 2.30. The fourth-order valence-corrected chi connectivity index (χ4v) is 1.36. The molecule has 0 aliphatic rings. The molecule has 0 saturated carbocycles. The van der Waals surface area contributed by atoms with Gasteiger partial charge in [0.2, 0.25) is 0 Å². The molecule has 0 bridgehead atoms. The van der Waals surface area contributed by atoms with Gasteiger partial charge in [-0.1, -0.05) is 0 Å². The Labute approximate surface area is 117 Å². The summed E-state index contributed by atoms with van der Waals surface area (Å²) in [6, 6.07) is 1.64. The zero-order chi connectivity index (χ0) is 16.2. The maximum Gasteiger partial charge on any atom is 0.418 e. The predicted molar refractivity (Wildman–Crippen MR) is 64.7 cm³/mol. The Bertz CT molecular complexity index is 544. The number of aliphatic hydroxyl groups is 1. The summed E-state index contributed by atoms with van der Waals surface area (Å²) < 4.78 is 50.9. The molecule has 1 rings (SSSR count). The molecule has 116 valence electrons. The zero-order valence-electron chi connectivity index (χ0n) is 10.8. The first-order chi connectivity index (χ1) is 9.61. The lowest BCUT2D eigenvalue weighted by Crippen LogP contribution is -2.39. The van der Waals surface area contributed by atoms with Gasteiger partial charge in [0.25, 0.3) is 0 Å². The Morgan fingerprint density at radius 2 is 1.90 bits per heavy atom. The Hall–Kier alpha value is -2.16. The van der Waals surface area contributed by atoms with E-state index in [0.29, 0.717) is 6.07 Å². The van der Waals surface area contributed by atoms with Crippen molar-refractivity contribution in [2.75, 3.05) is 11.9 Å². The molecule has 0 heterocycles. The number of anilines is 1. The summed E-state index contributed by atoms with van der Waals surface area (Å²) in [6.07, 6.45) is -5.81. The van der Waals surface area contributed by atoms with E-state index in [1.807, 2.05) is 5.32 Å². The van der Waals surface area contributed by atoms with Gasteiger partial charge in [-0.2, -0.15) is 13.2 Å². The van der Waals surface area contributed by atoms with E-state index in [2.05, 4.69) is 0 Å². The first-order valence-corrected chi connectivity index (χ1v) is 5.75. The van der Waals surface area contributed by atoms with Crippen LogP contribution in [0, 0.1) is 5.82 Å². The molecule has 1 atom stereocenters. The molecule has 0 aliphatic heterocycles. The molecule has 2 amide bonds. The number of nitrogens with one attached hydrogen (secondary N) is 2. The number of benzene rings is 1. The molecule has 0 saturated heterocycles. The van der Waals surface area contributed by atoms with Crippen LogP contribution < -0.4 is 10.6 Å². The summed E-state index contributed by atoms with van der Waals surface area (Å²) in [5, 5.41) is 12.7. The van der Waals surface area contributed by atoms with Crippen molar-refractivity contribution < 1.29 is 32.3 Å². The third-order valence-corrected chi connectivity index (χ3v) is 2.30. The van der Waals surface area contributed by atoms with Crippen molar-refractivity contribution >= 4 is 17.5 Å². The first kappa shape index (κ1) is 16.9. The lowest BCUT2D eigenvalue weighted by atomic mass is 10.1. The molecular weight excluding hydrogens is 296 g/mol. The second-order valence-electron chi connectivity index (χ2n) is 4.20. The Balaban J connectivity index is 2.88. The van der Waals surface area contributed by atoms with Gasteiger partial charge in [0.05, 0.1) is 17.4 Å². The third kappa shape index (κ3) is 5.03. The van der Waals surface area contributed by atoms with Crippen molar-refractivity contribution in [1.82, 2.24) is 5.32 Å². The number of alkyl halides is 3. The normalized spacial score (nSPS) is 12.7. The predicted octanol–water partition coefficient (Wildman–Crippen LogP) is 1.28. The molecule has 1 aromatic rings. The summed E-state index contributed by atoms with van der Waals surface area (Å²) in [6.45, 7) is 1.11. The van der Waals surface area contributed by atoms with E-state index in [0.717, 1.165) is 6.07 Å². The lowest BCUT2D eigenvalue weighted by Gasteiger charge is -2.14. The van der Waals surface area contributed by atoms with Crippen LogP contribution in [0.3, 0.4) is 0 Å². The van der Waals surface area contributed by atoms with Crippen LogP contribution in [0.15, 0.2) is 18.2 Å². The molecule has 0 radical (unpaired) electrons. The SMILES string of the molecule is CC(O)CNC(=O)C(=O)Nc1ccc(F)cc1C(F)(F)F. The van der Waals surface area contributed by atoms with Gasteiger partial charge in [-0.25, -0.2) is 4.39 Å². The van der Waals surface area contributed by atoms with E-state index in [4.69, 9.17) is 5.11 Å². The molecule has 3 N–H and O–H groups in total. The van der Waals surface area contributed by atoms with Crippen molar-refractivity contribution in [3.05, 3.63) is 29.6 Å². The summed E-state index contributed by atoms with van der Waals surface area (Å²) in [7, 11) is 0. The minimum Gasteiger partial charge on any atom is -0.392 e. The van der Waals surface area contributed by atoms with E-state index < -0.39 is 41.2 Å². The fraction of sp³-hybridized carbons (Fsp3) is 0.333. The number of carbonyl (C=O) groups excluding carboxylic acids is 2. The molecule has 1 unspecified atom stereocenters. The van der Waals surface area contributed by atoms with Crippen LogP contribution in [0.1, 0.15) is 12.5 Å². The average molecular weight is 308 g/mol. The number of halogens is 4. The highest BCUT2D eigenvalue weighted by Crippen LogP contribution is 2.35. The van der Waals surface area contributed by atoms with E-state index in [1.54, 1.807) is 5.32 Å². The van der Waals surface area contributed by atoms with Gasteiger partial charge in [-0.05, 0) is 25.1 Å². The Morgan fingerprint density at radius 3 is 2.43 bits per heavy atom. The topological polar surface area (TPSA) is 78.4 Å². The smallest absolute Gasteiger partial charge is 0.392 e. The Morgan fingerprint density at radius 1 is 1.29 bits per heavy atom. The molecule has 21 heavy (non-hydrogen) atoms. The minimum absolute atomic E-state index is 0.212. The van der Waals surface area contributed by atoms with Gasteiger partial charge in [-0.15, -0.1) is 0 Å². The van der Waals surface area contributed by atoms with Gasteiger partial charge >= 0.3 is 18.0 Å². The van der Waals surface area contributed by atoms with E-state index in [1.165, 1.54) is 6.92 Å². The number of aliphatic hydroxyl groups excluding tert-OH is 1. The molecular formula is C12H12F4N2O3. The maximum atomic E-state index is 12.9. The van der Waals surface area contributed by atoms with Crippen LogP contribution in [0.4, 0.5) is 23.2 Å². The highest BCUT2D eigenvalue weighted by atomic mass is 19.4. The van der Waals surface area contributed by atoms with Gasteiger partial charge in [0.15, 0.2) is 0 Å². The fourth-order valence-electron chi connectivity index (χ4n) is 1.36. The summed E-state index contributed by atoms with van der Waals surface area (Å²) in [4.78, 5) is 22.7.